The van der Waals surface area contributed by atoms with Crippen molar-refractivity contribution in [2.45, 2.75) is 24.2 Å². The maximum atomic E-state index is 11.9. The number of benzene rings is 3. The molecule has 1 fully saturated rings. The SMILES string of the molecule is CS(=O)(=O)c1ccc(-c2sc3cc(O)ccc3c2Oc2ccc(OCCN3CCCCC3)cc2)cc1.Cl. The van der Waals surface area contributed by atoms with Gasteiger partial charge in [-0.25, -0.2) is 8.42 Å². The number of piperidine rings is 1. The zero-order valence-corrected chi connectivity index (χ0v) is 23.0. The highest BCUT2D eigenvalue weighted by molar-refractivity contribution is 7.90. The second-order valence-corrected chi connectivity index (χ2v) is 12.1. The van der Waals surface area contributed by atoms with Crippen LogP contribution in [0.1, 0.15) is 19.3 Å². The summed E-state index contributed by atoms with van der Waals surface area (Å²) in [6, 6.07) is 19.5. The number of ether oxygens (including phenoxy) is 2. The first-order valence-corrected chi connectivity index (χ1v) is 14.8. The van der Waals surface area contributed by atoms with Crippen molar-refractivity contribution >= 4 is 43.7 Å². The lowest BCUT2D eigenvalue weighted by atomic mass is 10.1. The standard InChI is InChI=1S/C28H29NO5S2.ClH/c1-36(31,32)24-12-5-20(6-13-24)28-27(25-14-7-21(30)19-26(25)35-28)34-23-10-8-22(9-11-23)33-18-17-29-15-3-2-4-16-29;/h5-14,19,30H,2-4,15-18H2,1H3;1H. The Morgan fingerprint density at radius 2 is 1.59 bits per heavy atom. The van der Waals surface area contributed by atoms with Gasteiger partial charge in [-0.3, -0.25) is 4.90 Å². The molecule has 196 valence electrons. The minimum Gasteiger partial charge on any atom is -0.508 e. The molecule has 9 heteroatoms. The van der Waals surface area contributed by atoms with Gasteiger partial charge in [0.2, 0.25) is 0 Å². The van der Waals surface area contributed by atoms with Crippen LogP contribution in [0, 0.1) is 0 Å². The predicted molar refractivity (Wildman–Crippen MR) is 152 cm³/mol. The van der Waals surface area contributed by atoms with Crippen LogP contribution in [0.2, 0.25) is 0 Å². The van der Waals surface area contributed by atoms with Crippen molar-refractivity contribution in [1.29, 1.82) is 0 Å². The number of phenolic OH excluding ortho intramolecular Hbond substituents is 1. The number of likely N-dealkylation sites (tertiary alicyclic amines) is 1. The van der Waals surface area contributed by atoms with Gasteiger partial charge in [0.05, 0.1) is 9.77 Å². The highest BCUT2D eigenvalue weighted by atomic mass is 35.5. The fourth-order valence-electron chi connectivity index (χ4n) is 4.40. The molecule has 4 aromatic rings. The van der Waals surface area contributed by atoms with Crippen LogP contribution >= 0.6 is 23.7 Å². The van der Waals surface area contributed by atoms with E-state index in [2.05, 4.69) is 4.90 Å². The van der Waals surface area contributed by atoms with Crippen LogP contribution in [0.25, 0.3) is 20.5 Å². The molecule has 0 saturated carbocycles. The van der Waals surface area contributed by atoms with Crippen LogP contribution < -0.4 is 9.47 Å². The number of sulfone groups is 1. The van der Waals surface area contributed by atoms with Crippen molar-refractivity contribution in [3.63, 3.8) is 0 Å². The van der Waals surface area contributed by atoms with E-state index >= 15 is 0 Å². The van der Waals surface area contributed by atoms with E-state index in [1.807, 2.05) is 30.3 Å². The Morgan fingerprint density at radius 1 is 0.919 bits per heavy atom. The van der Waals surface area contributed by atoms with Crippen LogP contribution in [0.5, 0.6) is 23.0 Å². The molecule has 3 aromatic carbocycles. The highest BCUT2D eigenvalue weighted by Crippen LogP contribution is 2.47. The monoisotopic (exact) mass is 559 g/mol. The normalized spacial score (nSPS) is 14.3. The van der Waals surface area contributed by atoms with Gasteiger partial charge in [0, 0.05) is 22.9 Å². The molecule has 1 N–H and O–H groups in total. The molecule has 0 radical (unpaired) electrons. The molecule has 0 aliphatic carbocycles. The third-order valence-electron chi connectivity index (χ3n) is 6.34. The molecule has 0 bridgehead atoms. The number of aromatic hydroxyl groups is 1. The molecule has 1 aliphatic rings. The van der Waals surface area contributed by atoms with Crippen molar-refractivity contribution in [2.75, 3.05) is 32.5 Å². The average molecular weight is 560 g/mol. The van der Waals surface area contributed by atoms with Crippen molar-refractivity contribution in [2.24, 2.45) is 0 Å². The Labute approximate surface area is 227 Å². The zero-order valence-electron chi connectivity index (χ0n) is 20.6. The van der Waals surface area contributed by atoms with E-state index in [-0.39, 0.29) is 23.1 Å². The number of phenols is 1. The van der Waals surface area contributed by atoms with Crippen molar-refractivity contribution in [3.05, 3.63) is 66.7 Å². The quantitative estimate of drug-likeness (QED) is 0.257. The maximum absolute atomic E-state index is 11.9. The van der Waals surface area contributed by atoms with E-state index in [1.54, 1.807) is 36.4 Å². The van der Waals surface area contributed by atoms with Crippen LogP contribution in [0.3, 0.4) is 0 Å². The first-order chi connectivity index (χ1) is 17.4. The lowest BCUT2D eigenvalue weighted by Crippen LogP contribution is -2.33. The summed E-state index contributed by atoms with van der Waals surface area (Å²) in [6.45, 7) is 3.91. The van der Waals surface area contributed by atoms with Crippen LogP contribution in [0.15, 0.2) is 71.6 Å². The summed E-state index contributed by atoms with van der Waals surface area (Å²) in [7, 11) is -3.28. The molecule has 0 amide bonds. The van der Waals surface area contributed by atoms with Crippen LogP contribution in [0.4, 0.5) is 0 Å². The number of halogens is 1. The van der Waals surface area contributed by atoms with Crippen molar-refractivity contribution in [3.8, 4) is 33.4 Å². The largest absolute Gasteiger partial charge is 0.508 e. The predicted octanol–water partition coefficient (Wildman–Crippen LogP) is 6.76. The minimum absolute atomic E-state index is 0. The van der Waals surface area contributed by atoms with Gasteiger partial charge in [0.1, 0.15) is 23.9 Å². The van der Waals surface area contributed by atoms with Crippen LogP contribution in [-0.4, -0.2) is 50.9 Å². The molecule has 0 spiro atoms. The summed E-state index contributed by atoms with van der Waals surface area (Å²) in [4.78, 5) is 3.57. The van der Waals surface area contributed by atoms with Gasteiger partial charge in [0.15, 0.2) is 15.6 Å². The van der Waals surface area contributed by atoms with Gasteiger partial charge in [-0.15, -0.1) is 23.7 Å². The molecular weight excluding hydrogens is 530 g/mol. The van der Waals surface area contributed by atoms with Crippen molar-refractivity contribution in [1.82, 2.24) is 4.90 Å². The lowest BCUT2D eigenvalue weighted by molar-refractivity contribution is 0.183. The Bertz CT molecular complexity index is 1440. The van der Waals surface area contributed by atoms with E-state index in [0.29, 0.717) is 18.1 Å². The number of fused-ring (bicyclic) bond motifs is 1. The molecule has 1 aliphatic heterocycles. The summed E-state index contributed by atoms with van der Waals surface area (Å²) >= 11 is 1.49. The third kappa shape index (κ3) is 6.57. The van der Waals surface area contributed by atoms with Gasteiger partial charge in [-0.2, -0.15) is 0 Å². The second-order valence-electron chi connectivity index (χ2n) is 9.06. The molecule has 0 atom stereocenters. The summed E-state index contributed by atoms with van der Waals surface area (Å²) in [5, 5.41) is 10.9. The van der Waals surface area contributed by atoms with Gasteiger partial charge < -0.3 is 14.6 Å². The van der Waals surface area contributed by atoms with Crippen molar-refractivity contribution < 1.29 is 23.0 Å². The van der Waals surface area contributed by atoms with E-state index in [1.165, 1.54) is 36.9 Å². The Hall–Kier alpha value is -2.78. The summed E-state index contributed by atoms with van der Waals surface area (Å²) < 4.78 is 36.9. The number of rotatable bonds is 8. The van der Waals surface area contributed by atoms with E-state index in [4.69, 9.17) is 9.47 Å². The second kappa shape index (κ2) is 11.7. The van der Waals surface area contributed by atoms with Gasteiger partial charge in [0.25, 0.3) is 0 Å². The van der Waals surface area contributed by atoms with Gasteiger partial charge >= 0.3 is 0 Å². The van der Waals surface area contributed by atoms with E-state index in [0.717, 1.165) is 45.9 Å². The molecule has 5 rings (SSSR count). The average Bonchev–Trinajstić information content (AvgIpc) is 3.22. The smallest absolute Gasteiger partial charge is 0.175 e. The van der Waals surface area contributed by atoms with E-state index < -0.39 is 9.84 Å². The molecule has 37 heavy (non-hydrogen) atoms. The van der Waals surface area contributed by atoms with E-state index in [9.17, 15) is 13.5 Å². The molecule has 2 heterocycles. The molecular formula is C28H30ClNO5S2. The topological polar surface area (TPSA) is 76.1 Å². The van der Waals surface area contributed by atoms with Crippen LogP contribution in [-0.2, 0) is 9.84 Å². The summed E-state index contributed by atoms with van der Waals surface area (Å²) in [5.74, 6) is 2.32. The number of thiophene rings is 1. The maximum Gasteiger partial charge on any atom is 0.175 e. The van der Waals surface area contributed by atoms with Gasteiger partial charge in [-0.1, -0.05) is 18.6 Å². The fraction of sp³-hybridized carbons (Fsp3) is 0.286. The Kier molecular flexibility index (Phi) is 8.64. The third-order valence-corrected chi connectivity index (χ3v) is 8.65. The first-order valence-electron chi connectivity index (χ1n) is 12.1. The zero-order chi connectivity index (χ0) is 25.1. The highest BCUT2D eigenvalue weighted by Gasteiger charge is 2.18. The number of hydrogen-bond donors (Lipinski definition) is 1. The molecule has 6 nitrogen and oxygen atoms in total. The Balaban J connectivity index is 0.00000320. The first kappa shape index (κ1) is 27.3. The molecule has 1 saturated heterocycles. The molecule has 0 unspecified atom stereocenters. The van der Waals surface area contributed by atoms with Gasteiger partial charge in [-0.05, 0) is 86.1 Å². The number of hydrogen-bond acceptors (Lipinski definition) is 7. The fourth-order valence-corrected chi connectivity index (χ4v) is 6.20. The number of nitrogens with zero attached hydrogens (tertiary/aromatic N) is 1. The summed E-state index contributed by atoms with van der Waals surface area (Å²) in [6.07, 6.45) is 5.06. The minimum atomic E-state index is -3.28. The molecule has 1 aromatic heterocycles. The summed E-state index contributed by atoms with van der Waals surface area (Å²) in [5.41, 5.74) is 0.843. The Morgan fingerprint density at radius 3 is 2.27 bits per heavy atom. The lowest BCUT2D eigenvalue weighted by Gasteiger charge is -2.26.